The lowest BCUT2D eigenvalue weighted by molar-refractivity contribution is -0.115. The van der Waals surface area contributed by atoms with Gasteiger partial charge in [0.25, 0.3) is 0 Å². The highest BCUT2D eigenvalue weighted by molar-refractivity contribution is 6.00. The third kappa shape index (κ3) is 2.56. The Balaban J connectivity index is 2.10. The molecular weight excluding hydrogens is 230 g/mol. The van der Waals surface area contributed by atoms with E-state index in [9.17, 15) is 9.90 Å². The molecule has 0 spiro atoms. The van der Waals surface area contributed by atoms with E-state index in [1.807, 2.05) is 19.9 Å². The van der Waals surface area contributed by atoms with Gasteiger partial charge in [0, 0.05) is 12.2 Å². The van der Waals surface area contributed by atoms with E-state index >= 15 is 0 Å². The van der Waals surface area contributed by atoms with Gasteiger partial charge >= 0.3 is 0 Å². The molecule has 0 aromatic heterocycles. The molecule has 98 valence electrons. The fourth-order valence-electron chi connectivity index (χ4n) is 1.90. The molecule has 0 saturated carbocycles. The molecule has 1 atom stereocenters. The van der Waals surface area contributed by atoms with Crippen LogP contribution in [0.1, 0.15) is 19.4 Å². The van der Waals surface area contributed by atoms with Gasteiger partial charge < -0.3 is 21.5 Å². The third-order valence-electron chi connectivity index (χ3n) is 3.17. The summed E-state index contributed by atoms with van der Waals surface area (Å²) in [6.45, 7) is 4.35. The van der Waals surface area contributed by atoms with Crippen LogP contribution in [0.5, 0.6) is 0 Å². The summed E-state index contributed by atoms with van der Waals surface area (Å²) in [7, 11) is 0. The molecule has 1 aromatic carbocycles. The minimum Gasteiger partial charge on any atom is -0.397 e. The fraction of sp³-hybridized carbons (Fsp3) is 0.462. The van der Waals surface area contributed by atoms with Gasteiger partial charge in [-0.1, -0.05) is 13.8 Å². The van der Waals surface area contributed by atoms with Crippen molar-refractivity contribution in [1.29, 1.82) is 0 Å². The van der Waals surface area contributed by atoms with Crippen LogP contribution in [0.25, 0.3) is 0 Å². The van der Waals surface area contributed by atoms with Crippen LogP contribution in [0.15, 0.2) is 12.1 Å². The molecule has 5 heteroatoms. The molecule has 1 heterocycles. The maximum atomic E-state index is 11.3. The molecule has 1 aliphatic heterocycles. The number of hydrogen-bond donors (Lipinski definition) is 4. The van der Waals surface area contributed by atoms with E-state index < -0.39 is 6.10 Å². The van der Waals surface area contributed by atoms with Crippen molar-refractivity contribution in [3.63, 3.8) is 0 Å². The first-order chi connectivity index (χ1) is 8.47. The maximum Gasteiger partial charge on any atom is 0.228 e. The molecule has 18 heavy (non-hydrogen) atoms. The second-order valence-corrected chi connectivity index (χ2v) is 5.01. The summed E-state index contributed by atoms with van der Waals surface area (Å²) in [5.74, 6) is 0.177. The summed E-state index contributed by atoms with van der Waals surface area (Å²) < 4.78 is 0. The van der Waals surface area contributed by atoms with Gasteiger partial charge in [0.1, 0.15) is 0 Å². The summed E-state index contributed by atoms with van der Waals surface area (Å²) in [6.07, 6.45) is -0.0405. The number of amides is 1. The summed E-state index contributed by atoms with van der Waals surface area (Å²) in [4.78, 5) is 11.3. The predicted molar refractivity (Wildman–Crippen MR) is 72.5 cm³/mol. The summed E-state index contributed by atoms with van der Waals surface area (Å²) in [5.41, 5.74) is 8.99. The summed E-state index contributed by atoms with van der Waals surface area (Å²) >= 11 is 0. The number of nitrogen functional groups attached to an aromatic ring is 1. The Bertz CT molecular complexity index is 472. The normalized spacial score (nSPS) is 15.4. The second-order valence-electron chi connectivity index (χ2n) is 5.01. The lowest BCUT2D eigenvalue weighted by Gasteiger charge is -2.17. The van der Waals surface area contributed by atoms with Gasteiger partial charge in [0.05, 0.1) is 23.9 Å². The molecular formula is C13H19N3O2. The van der Waals surface area contributed by atoms with Crippen molar-refractivity contribution >= 4 is 23.0 Å². The van der Waals surface area contributed by atoms with E-state index in [4.69, 9.17) is 5.73 Å². The van der Waals surface area contributed by atoms with Crippen molar-refractivity contribution in [2.75, 3.05) is 22.9 Å². The first kappa shape index (κ1) is 12.7. The van der Waals surface area contributed by atoms with Crippen LogP contribution in [-0.2, 0) is 11.2 Å². The van der Waals surface area contributed by atoms with E-state index in [0.717, 1.165) is 16.9 Å². The number of carbonyl (C=O) groups is 1. The van der Waals surface area contributed by atoms with Crippen molar-refractivity contribution in [1.82, 2.24) is 0 Å². The lowest BCUT2D eigenvalue weighted by atomic mass is 10.1. The molecule has 1 amide bonds. The standard InChI is InChI=1S/C13H19N3O2/c1-7(2)12(17)6-15-11-5-10-8(3-9(11)14)4-13(18)16-10/h3,5,7,12,15,17H,4,6,14H2,1-2H3,(H,16,18). The largest absolute Gasteiger partial charge is 0.397 e. The van der Waals surface area contributed by atoms with Gasteiger partial charge in [-0.15, -0.1) is 0 Å². The van der Waals surface area contributed by atoms with Crippen molar-refractivity contribution in [2.24, 2.45) is 5.92 Å². The minimum atomic E-state index is -0.424. The number of fused-ring (bicyclic) bond motifs is 1. The highest BCUT2D eigenvalue weighted by Crippen LogP contribution is 2.31. The first-order valence-corrected chi connectivity index (χ1v) is 6.11. The van der Waals surface area contributed by atoms with Crippen LogP contribution in [0.3, 0.4) is 0 Å². The van der Waals surface area contributed by atoms with Crippen LogP contribution >= 0.6 is 0 Å². The molecule has 0 aliphatic carbocycles. The number of rotatable bonds is 4. The Kier molecular flexibility index (Phi) is 3.43. The molecule has 2 rings (SSSR count). The molecule has 0 radical (unpaired) electrons. The zero-order chi connectivity index (χ0) is 13.3. The van der Waals surface area contributed by atoms with Crippen LogP contribution in [-0.4, -0.2) is 23.7 Å². The number of nitrogens with two attached hydrogens (primary N) is 1. The smallest absolute Gasteiger partial charge is 0.228 e. The Morgan fingerprint density at radius 3 is 2.89 bits per heavy atom. The lowest BCUT2D eigenvalue weighted by Crippen LogP contribution is -2.25. The van der Waals surface area contributed by atoms with E-state index in [2.05, 4.69) is 10.6 Å². The van der Waals surface area contributed by atoms with E-state index in [1.165, 1.54) is 0 Å². The number of anilines is 3. The molecule has 1 aliphatic rings. The molecule has 0 bridgehead atoms. The molecule has 0 saturated heterocycles. The zero-order valence-electron chi connectivity index (χ0n) is 10.7. The Morgan fingerprint density at radius 1 is 1.50 bits per heavy atom. The number of nitrogens with one attached hydrogen (secondary N) is 2. The minimum absolute atomic E-state index is 0.0104. The van der Waals surface area contributed by atoms with Crippen molar-refractivity contribution in [3.8, 4) is 0 Å². The highest BCUT2D eigenvalue weighted by atomic mass is 16.3. The van der Waals surface area contributed by atoms with Crippen molar-refractivity contribution in [2.45, 2.75) is 26.4 Å². The average Bonchev–Trinajstić information content (AvgIpc) is 2.64. The van der Waals surface area contributed by atoms with E-state index in [1.54, 1.807) is 6.07 Å². The average molecular weight is 249 g/mol. The van der Waals surface area contributed by atoms with E-state index in [-0.39, 0.29) is 11.8 Å². The Morgan fingerprint density at radius 2 is 2.22 bits per heavy atom. The van der Waals surface area contributed by atoms with Crippen LogP contribution in [0.2, 0.25) is 0 Å². The SMILES string of the molecule is CC(C)C(O)CNc1cc2c(cc1N)CC(=O)N2. The first-order valence-electron chi connectivity index (χ1n) is 6.11. The predicted octanol–water partition coefficient (Wildman–Crippen LogP) is 1.19. The number of hydrogen-bond acceptors (Lipinski definition) is 4. The van der Waals surface area contributed by atoms with Gasteiger partial charge in [-0.05, 0) is 23.6 Å². The van der Waals surface area contributed by atoms with Crippen molar-refractivity contribution in [3.05, 3.63) is 17.7 Å². The molecule has 0 fully saturated rings. The quantitative estimate of drug-likeness (QED) is 0.604. The van der Waals surface area contributed by atoms with Gasteiger partial charge in [-0.2, -0.15) is 0 Å². The van der Waals surface area contributed by atoms with E-state index in [0.29, 0.717) is 18.7 Å². The monoisotopic (exact) mass is 249 g/mol. The highest BCUT2D eigenvalue weighted by Gasteiger charge is 2.19. The topological polar surface area (TPSA) is 87.4 Å². The summed E-state index contributed by atoms with van der Waals surface area (Å²) in [5, 5.41) is 15.6. The Labute approximate surface area is 106 Å². The van der Waals surface area contributed by atoms with Gasteiger partial charge in [0.15, 0.2) is 0 Å². The fourth-order valence-corrected chi connectivity index (χ4v) is 1.90. The van der Waals surface area contributed by atoms with Crippen LogP contribution in [0.4, 0.5) is 17.1 Å². The van der Waals surface area contributed by atoms with Gasteiger partial charge in [-0.3, -0.25) is 4.79 Å². The zero-order valence-corrected chi connectivity index (χ0v) is 10.7. The maximum absolute atomic E-state index is 11.3. The van der Waals surface area contributed by atoms with Gasteiger partial charge in [-0.25, -0.2) is 0 Å². The van der Waals surface area contributed by atoms with Gasteiger partial charge in [0.2, 0.25) is 5.91 Å². The van der Waals surface area contributed by atoms with Crippen LogP contribution < -0.4 is 16.4 Å². The number of benzene rings is 1. The molecule has 5 nitrogen and oxygen atoms in total. The third-order valence-corrected chi connectivity index (χ3v) is 3.17. The van der Waals surface area contributed by atoms with Crippen molar-refractivity contribution < 1.29 is 9.90 Å². The number of aliphatic hydroxyl groups is 1. The molecule has 1 unspecified atom stereocenters. The number of aliphatic hydroxyl groups excluding tert-OH is 1. The number of carbonyl (C=O) groups excluding carboxylic acids is 1. The molecule has 5 N–H and O–H groups in total. The Hall–Kier alpha value is -1.75. The second kappa shape index (κ2) is 4.86. The summed E-state index contributed by atoms with van der Waals surface area (Å²) in [6, 6.07) is 3.62. The molecule has 1 aromatic rings. The van der Waals surface area contributed by atoms with Crippen LogP contribution in [0, 0.1) is 5.92 Å².